The summed E-state index contributed by atoms with van der Waals surface area (Å²) in [5.74, 6) is -0.674. The Hall–Kier alpha value is -1.99. The zero-order valence-electron chi connectivity index (χ0n) is 15.5. The first-order valence-electron chi connectivity index (χ1n) is 8.10. The molecule has 1 aromatic carbocycles. The van der Waals surface area contributed by atoms with Crippen molar-refractivity contribution in [1.82, 2.24) is 0 Å². The van der Waals surface area contributed by atoms with Crippen molar-refractivity contribution in [2.24, 2.45) is 0 Å². The zero-order valence-corrected chi connectivity index (χ0v) is 15.5. The predicted octanol–water partition coefficient (Wildman–Crippen LogP) is 2.26. The number of esters is 1. The average Bonchev–Trinajstić information content (AvgIpc) is 2.49. The third-order valence-corrected chi connectivity index (χ3v) is 3.65. The number of aromatic hydroxyl groups is 1. The van der Waals surface area contributed by atoms with E-state index in [0.717, 1.165) is 0 Å². The molecule has 1 aromatic rings. The molecule has 0 heterocycles. The summed E-state index contributed by atoms with van der Waals surface area (Å²) in [6.45, 7) is 6.91. The Kier molecular flexibility index (Phi) is 7.07. The number of carbonyl (C=O) groups excluding carboxylic acids is 1. The smallest absolute Gasteiger partial charge is 0.338 e. The summed E-state index contributed by atoms with van der Waals surface area (Å²) >= 11 is 0. The van der Waals surface area contributed by atoms with E-state index >= 15 is 0 Å². The van der Waals surface area contributed by atoms with Crippen LogP contribution in [0, 0.1) is 0 Å². The van der Waals surface area contributed by atoms with Crippen LogP contribution >= 0.6 is 0 Å². The van der Waals surface area contributed by atoms with Crippen LogP contribution in [-0.2, 0) is 4.74 Å². The highest BCUT2D eigenvalue weighted by Gasteiger charge is 2.28. The van der Waals surface area contributed by atoms with E-state index in [9.17, 15) is 15.0 Å². The summed E-state index contributed by atoms with van der Waals surface area (Å²) < 4.78 is 16.4. The molecule has 0 fully saturated rings. The van der Waals surface area contributed by atoms with Crippen LogP contribution in [0.5, 0.6) is 17.2 Å². The maximum atomic E-state index is 11.8. The number of hydrogen-bond acceptors (Lipinski definition) is 7. The summed E-state index contributed by atoms with van der Waals surface area (Å²) in [4.78, 5) is 11.8. The Morgan fingerprint density at radius 2 is 1.52 bits per heavy atom. The number of benzene rings is 1. The van der Waals surface area contributed by atoms with Crippen LogP contribution in [0.25, 0.3) is 0 Å². The van der Waals surface area contributed by atoms with E-state index in [0.29, 0.717) is 12.8 Å². The number of methoxy groups -OCH3 is 1. The summed E-state index contributed by atoms with van der Waals surface area (Å²) in [7, 11) is 1.24. The third-order valence-electron chi connectivity index (χ3n) is 3.65. The maximum absolute atomic E-state index is 11.8. The van der Waals surface area contributed by atoms with Crippen molar-refractivity contribution in [1.29, 1.82) is 0 Å². The Morgan fingerprint density at radius 3 is 2.00 bits per heavy atom. The molecule has 0 spiro atoms. The van der Waals surface area contributed by atoms with Gasteiger partial charge in [0.1, 0.15) is 11.2 Å². The number of phenols is 1. The summed E-state index contributed by atoms with van der Waals surface area (Å²) in [6.07, 6.45) is 0.681. The van der Waals surface area contributed by atoms with Crippen LogP contribution in [0.1, 0.15) is 50.9 Å². The van der Waals surface area contributed by atoms with Gasteiger partial charge in [0.25, 0.3) is 0 Å². The van der Waals surface area contributed by atoms with E-state index < -0.39 is 17.2 Å². The molecule has 0 bridgehead atoms. The van der Waals surface area contributed by atoms with Crippen molar-refractivity contribution in [3.63, 3.8) is 0 Å². The fraction of sp³-hybridized carbons (Fsp3) is 0.611. The molecule has 0 saturated heterocycles. The molecule has 0 aliphatic heterocycles. The molecule has 3 N–H and O–H groups in total. The number of ether oxygens (including phenoxy) is 3. The van der Waals surface area contributed by atoms with Crippen LogP contribution in [0.2, 0.25) is 0 Å². The molecular formula is C18H28O7. The quantitative estimate of drug-likeness (QED) is 0.583. The van der Waals surface area contributed by atoms with Gasteiger partial charge in [-0.15, -0.1) is 0 Å². The first-order chi connectivity index (χ1) is 11.5. The topological polar surface area (TPSA) is 105 Å². The minimum absolute atomic E-state index is 0.0668. The van der Waals surface area contributed by atoms with Gasteiger partial charge < -0.3 is 29.5 Å². The van der Waals surface area contributed by atoms with Gasteiger partial charge in [0, 0.05) is 26.1 Å². The second-order valence-electron chi connectivity index (χ2n) is 6.98. The molecule has 7 heteroatoms. The fourth-order valence-electron chi connectivity index (χ4n) is 2.22. The Morgan fingerprint density at radius 1 is 1.00 bits per heavy atom. The third kappa shape index (κ3) is 6.10. The largest absolute Gasteiger partial charge is 0.504 e. The highest BCUT2D eigenvalue weighted by molar-refractivity contribution is 5.91. The monoisotopic (exact) mass is 356 g/mol. The number of hydrogen-bond donors (Lipinski definition) is 3. The van der Waals surface area contributed by atoms with Crippen molar-refractivity contribution < 1.29 is 34.3 Å². The second kappa shape index (κ2) is 8.40. The fourth-order valence-corrected chi connectivity index (χ4v) is 2.22. The first kappa shape index (κ1) is 21.1. The average molecular weight is 356 g/mol. The van der Waals surface area contributed by atoms with E-state index in [-0.39, 0.29) is 36.0 Å². The molecule has 25 heavy (non-hydrogen) atoms. The van der Waals surface area contributed by atoms with Gasteiger partial charge in [-0.2, -0.15) is 0 Å². The summed E-state index contributed by atoms with van der Waals surface area (Å²) in [6, 6.07) is 2.66. The second-order valence-corrected chi connectivity index (χ2v) is 6.98. The van der Waals surface area contributed by atoms with Gasteiger partial charge in [-0.1, -0.05) is 0 Å². The van der Waals surface area contributed by atoms with Gasteiger partial charge in [-0.25, -0.2) is 4.79 Å². The van der Waals surface area contributed by atoms with Crippen LogP contribution in [0.15, 0.2) is 12.1 Å². The highest BCUT2D eigenvalue weighted by Crippen LogP contribution is 2.42. The maximum Gasteiger partial charge on any atom is 0.338 e. The lowest BCUT2D eigenvalue weighted by Crippen LogP contribution is -2.32. The van der Waals surface area contributed by atoms with E-state index in [4.69, 9.17) is 14.6 Å². The van der Waals surface area contributed by atoms with E-state index in [1.807, 2.05) is 0 Å². The standard InChI is InChI=1S/C18H28O7/c1-17(2,6-8-19)24-14-11-12(16(22)23-5)10-13(21)15(14)25-18(3,4)7-9-20/h10-11,19-21H,6-9H2,1-5H3. The Labute approximate surface area is 148 Å². The minimum atomic E-state index is -0.766. The van der Waals surface area contributed by atoms with Crippen molar-refractivity contribution in [2.45, 2.75) is 51.7 Å². The summed E-state index contributed by atoms with van der Waals surface area (Å²) in [5, 5.41) is 28.7. The molecule has 0 aliphatic rings. The zero-order chi connectivity index (χ0) is 19.3. The molecule has 0 aromatic heterocycles. The number of carbonyl (C=O) groups is 1. The molecule has 0 unspecified atom stereocenters. The van der Waals surface area contributed by atoms with Crippen LogP contribution in [-0.4, -0.2) is 52.8 Å². The van der Waals surface area contributed by atoms with Crippen molar-refractivity contribution in [3.8, 4) is 17.2 Å². The molecule has 7 nitrogen and oxygen atoms in total. The molecule has 1 rings (SSSR count). The van der Waals surface area contributed by atoms with Crippen molar-refractivity contribution in [3.05, 3.63) is 17.7 Å². The normalized spacial score (nSPS) is 12.0. The molecular weight excluding hydrogens is 328 g/mol. The molecule has 0 atom stereocenters. The van der Waals surface area contributed by atoms with Crippen LogP contribution < -0.4 is 9.47 Å². The Balaban J connectivity index is 3.35. The van der Waals surface area contributed by atoms with E-state index in [1.165, 1.54) is 19.2 Å². The predicted molar refractivity (Wildman–Crippen MR) is 92.3 cm³/mol. The summed E-state index contributed by atoms with van der Waals surface area (Å²) in [5.41, 5.74) is -1.41. The van der Waals surface area contributed by atoms with Crippen molar-refractivity contribution >= 4 is 5.97 Å². The molecule has 142 valence electrons. The van der Waals surface area contributed by atoms with Gasteiger partial charge in [-0.05, 0) is 39.8 Å². The molecule has 0 aliphatic carbocycles. The van der Waals surface area contributed by atoms with E-state index in [2.05, 4.69) is 4.74 Å². The minimum Gasteiger partial charge on any atom is -0.504 e. The SMILES string of the molecule is COC(=O)c1cc(O)c(OC(C)(C)CCO)c(OC(C)(C)CCO)c1. The molecule has 0 saturated carbocycles. The van der Waals surface area contributed by atoms with Crippen LogP contribution in [0.4, 0.5) is 0 Å². The highest BCUT2D eigenvalue weighted by atomic mass is 16.6. The number of aliphatic hydroxyl groups is 2. The first-order valence-corrected chi connectivity index (χ1v) is 8.10. The molecule has 0 amide bonds. The number of aliphatic hydroxyl groups excluding tert-OH is 2. The van der Waals surface area contributed by atoms with Gasteiger partial charge in [0.2, 0.25) is 5.75 Å². The van der Waals surface area contributed by atoms with E-state index in [1.54, 1.807) is 27.7 Å². The van der Waals surface area contributed by atoms with Gasteiger partial charge >= 0.3 is 5.97 Å². The van der Waals surface area contributed by atoms with Gasteiger partial charge in [0.05, 0.1) is 12.7 Å². The number of rotatable bonds is 9. The number of phenolic OH excluding ortho intramolecular Hbond substituents is 1. The van der Waals surface area contributed by atoms with Crippen molar-refractivity contribution in [2.75, 3.05) is 20.3 Å². The van der Waals surface area contributed by atoms with Gasteiger partial charge in [-0.3, -0.25) is 0 Å². The lowest BCUT2D eigenvalue weighted by molar-refractivity contribution is 0.0467. The lowest BCUT2D eigenvalue weighted by Gasteiger charge is -2.31. The lowest BCUT2D eigenvalue weighted by atomic mass is 10.0. The van der Waals surface area contributed by atoms with Gasteiger partial charge in [0.15, 0.2) is 11.5 Å². The van der Waals surface area contributed by atoms with Crippen LogP contribution in [0.3, 0.4) is 0 Å². The Bertz CT molecular complexity index is 593. The molecule has 0 radical (unpaired) electrons.